The molecule has 82 valence electrons. The number of nitrogens with zero attached hydrogens (tertiary/aromatic N) is 1. The largest absolute Gasteiger partial charge is 0.394 e. The van der Waals surface area contributed by atoms with Crippen LogP contribution in [0.25, 0.3) is 0 Å². The first-order chi connectivity index (χ1) is 6.66. The van der Waals surface area contributed by atoms with E-state index in [9.17, 15) is 9.90 Å². The van der Waals surface area contributed by atoms with Crippen LogP contribution < -0.4 is 0 Å². The molecular weight excluding hydrogens is 186 g/mol. The van der Waals surface area contributed by atoms with E-state index < -0.39 is 24.7 Å². The number of aliphatic hydroxyl groups excluding tert-OH is 3. The van der Waals surface area contributed by atoms with E-state index in [2.05, 4.69) is 0 Å². The van der Waals surface area contributed by atoms with E-state index in [1.54, 1.807) is 0 Å². The third kappa shape index (κ3) is 2.67. The maximum Gasteiger partial charge on any atom is 0.254 e. The van der Waals surface area contributed by atoms with Crippen molar-refractivity contribution in [3.63, 3.8) is 0 Å². The fourth-order valence-corrected chi connectivity index (χ4v) is 1.57. The predicted octanol–water partition coefficient (Wildman–Crippen LogP) is -1.29. The lowest BCUT2D eigenvalue weighted by atomic mass is 10.1. The summed E-state index contributed by atoms with van der Waals surface area (Å²) in [7, 11) is 0. The van der Waals surface area contributed by atoms with Crippen molar-refractivity contribution in [3.8, 4) is 0 Å². The Morgan fingerprint density at radius 1 is 1.21 bits per heavy atom. The minimum absolute atomic E-state index is 0.480. The van der Waals surface area contributed by atoms with Crippen molar-refractivity contribution in [3.05, 3.63) is 0 Å². The van der Waals surface area contributed by atoms with Crippen LogP contribution >= 0.6 is 0 Å². The average molecular weight is 203 g/mol. The molecule has 1 fully saturated rings. The number of hydrogen-bond donors (Lipinski definition) is 3. The maximum atomic E-state index is 11.5. The molecule has 1 rings (SSSR count). The molecule has 0 radical (unpaired) electrons. The van der Waals surface area contributed by atoms with Gasteiger partial charge in [0.25, 0.3) is 5.91 Å². The minimum atomic E-state index is -1.49. The molecule has 0 bridgehead atoms. The van der Waals surface area contributed by atoms with Gasteiger partial charge in [0.15, 0.2) is 6.10 Å². The summed E-state index contributed by atoms with van der Waals surface area (Å²) in [4.78, 5) is 13.0. The molecule has 1 aliphatic heterocycles. The Balaban J connectivity index is 2.46. The number of hydrogen-bond acceptors (Lipinski definition) is 4. The van der Waals surface area contributed by atoms with Crippen LogP contribution in [0.2, 0.25) is 0 Å². The maximum absolute atomic E-state index is 11.5. The zero-order valence-corrected chi connectivity index (χ0v) is 8.09. The van der Waals surface area contributed by atoms with Gasteiger partial charge in [-0.15, -0.1) is 0 Å². The van der Waals surface area contributed by atoms with Crippen LogP contribution in [0.3, 0.4) is 0 Å². The third-order valence-electron chi connectivity index (χ3n) is 2.47. The number of carbonyl (C=O) groups is 1. The number of amides is 1. The quantitative estimate of drug-likeness (QED) is 0.533. The highest BCUT2D eigenvalue weighted by atomic mass is 16.4. The number of likely N-dealkylation sites (tertiary alicyclic amines) is 1. The van der Waals surface area contributed by atoms with Gasteiger partial charge in [-0.2, -0.15) is 0 Å². The summed E-state index contributed by atoms with van der Waals surface area (Å²) in [6.45, 7) is 0.669. The lowest BCUT2D eigenvalue weighted by molar-refractivity contribution is -0.148. The van der Waals surface area contributed by atoms with Crippen molar-refractivity contribution in [2.45, 2.75) is 31.5 Å². The zero-order valence-electron chi connectivity index (χ0n) is 8.09. The standard InChI is InChI=1S/C9H17NO4/c11-6-7(12)8(13)9(14)10-4-2-1-3-5-10/h7-8,11-13H,1-6H2/t7-,8-/m1/s1. The number of piperidine rings is 1. The number of aliphatic hydroxyl groups is 3. The van der Waals surface area contributed by atoms with Gasteiger partial charge in [0.05, 0.1) is 6.61 Å². The van der Waals surface area contributed by atoms with Crippen LogP contribution in [-0.4, -0.2) is 58.0 Å². The summed E-state index contributed by atoms with van der Waals surface area (Å²) in [5, 5.41) is 27.0. The highest BCUT2D eigenvalue weighted by molar-refractivity contribution is 5.81. The summed E-state index contributed by atoms with van der Waals surface area (Å²) in [5.41, 5.74) is 0. The molecule has 2 atom stereocenters. The van der Waals surface area contributed by atoms with Gasteiger partial charge in [0.2, 0.25) is 0 Å². The molecule has 1 saturated heterocycles. The van der Waals surface area contributed by atoms with Gasteiger partial charge < -0.3 is 20.2 Å². The SMILES string of the molecule is O=C([C@H](O)[C@H](O)CO)N1CCCCC1. The minimum Gasteiger partial charge on any atom is -0.394 e. The molecule has 0 unspecified atom stereocenters. The summed E-state index contributed by atoms with van der Waals surface area (Å²) in [6.07, 6.45) is 0.117. The molecule has 0 aliphatic carbocycles. The topological polar surface area (TPSA) is 81.0 Å². The summed E-state index contributed by atoms with van der Waals surface area (Å²) in [5.74, 6) is -0.480. The highest BCUT2D eigenvalue weighted by Crippen LogP contribution is 2.11. The smallest absolute Gasteiger partial charge is 0.254 e. The molecule has 0 aromatic heterocycles. The van der Waals surface area contributed by atoms with Crippen LogP contribution in [0.5, 0.6) is 0 Å². The van der Waals surface area contributed by atoms with E-state index in [-0.39, 0.29) is 0 Å². The molecule has 14 heavy (non-hydrogen) atoms. The first kappa shape index (κ1) is 11.4. The van der Waals surface area contributed by atoms with E-state index >= 15 is 0 Å². The van der Waals surface area contributed by atoms with E-state index in [0.717, 1.165) is 19.3 Å². The molecule has 1 heterocycles. The molecule has 0 spiro atoms. The van der Waals surface area contributed by atoms with Gasteiger partial charge in [0, 0.05) is 13.1 Å². The van der Waals surface area contributed by atoms with Crippen molar-refractivity contribution in [2.24, 2.45) is 0 Å². The van der Waals surface area contributed by atoms with E-state index in [0.29, 0.717) is 13.1 Å². The van der Waals surface area contributed by atoms with Gasteiger partial charge in [-0.3, -0.25) is 4.79 Å². The first-order valence-corrected chi connectivity index (χ1v) is 4.92. The Morgan fingerprint density at radius 3 is 2.29 bits per heavy atom. The molecule has 3 N–H and O–H groups in total. The summed E-state index contributed by atoms with van der Waals surface area (Å²) in [6, 6.07) is 0. The average Bonchev–Trinajstić information content (AvgIpc) is 2.27. The Kier molecular flexibility index (Phi) is 4.31. The molecule has 5 nitrogen and oxygen atoms in total. The fraction of sp³-hybridized carbons (Fsp3) is 0.889. The molecule has 0 saturated carbocycles. The van der Waals surface area contributed by atoms with Crippen LogP contribution in [0.4, 0.5) is 0 Å². The van der Waals surface area contributed by atoms with E-state index in [1.165, 1.54) is 4.90 Å². The normalized spacial score (nSPS) is 21.8. The van der Waals surface area contributed by atoms with Crippen LogP contribution in [0.1, 0.15) is 19.3 Å². The Morgan fingerprint density at radius 2 is 1.79 bits per heavy atom. The van der Waals surface area contributed by atoms with Gasteiger partial charge >= 0.3 is 0 Å². The Bertz CT molecular complexity index is 187. The van der Waals surface area contributed by atoms with Crippen molar-refractivity contribution in [1.82, 2.24) is 4.90 Å². The Hall–Kier alpha value is -0.650. The van der Waals surface area contributed by atoms with Crippen molar-refractivity contribution < 1.29 is 20.1 Å². The zero-order chi connectivity index (χ0) is 10.6. The predicted molar refractivity (Wildman–Crippen MR) is 49.5 cm³/mol. The van der Waals surface area contributed by atoms with Crippen molar-refractivity contribution in [1.29, 1.82) is 0 Å². The molecule has 1 amide bonds. The van der Waals surface area contributed by atoms with E-state index in [4.69, 9.17) is 10.2 Å². The lowest BCUT2D eigenvalue weighted by Crippen LogP contribution is -2.47. The van der Waals surface area contributed by atoms with Crippen LogP contribution in [0.15, 0.2) is 0 Å². The van der Waals surface area contributed by atoms with Crippen LogP contribution in [0, 0.1) is 0 Å². The second-order valence-electron chi connectivity index (χ2n) is 3.58. The van der Waals surface area contributed by atoms with Crippen molar-refractivity contribution in [2.75, 3.05) is 19.7 Å². The van der Waals surface area contributed by atoms with E-state index in [1.807, 2.05) is 0 Å². The number of carbonyl (C=O) groups excluding carboxylic acids is 1. The first-order valence-electron chi connectivity index (χ1n) is 4.92. The molecule has 0 aromatic carbocycles. The van der Waals surface area contributed by atoms with Gasteiger partial charge in [-0.1, -0.05) is 0 Å². The van der Waals surface area contributed by atoms with Gasteiger partial charge in [-0.05, 0) is 19.3 Å². The Labute approximate surface area is 83.0 Å². The molecule has 5 heteroatoms. The van der Waals surface area contributed by atoms with Crippen molar-refractivity contribution >= 4 is 5.91 Å². The van der Waals surface area contributed by atoms with Gasteiger partial charge in [-0.25, -0.2) is 0 Å². The monoisotopic (exact) mass is 203 g/mol. The molecular formula is C9H17NO4. The third-order valence-corrected chi connectivity index (χ3v) is 2.47. The lowest BCUT2D eigenvalue weighted by Gasteiger charge is -2.29. The fourth-order valence-electron chi connectivity index (χ4n) is 1.57. The second kappa shape index (κ2) is 5.29. The highest BCUT2D eigenvalue weighted by Gasteiger charge is 2.28. The second-order valence-corrected chi connectivity index (χ2v) is 3.58. The molecule has 0 aromatic rings. The summed E-state index contributed by atoms with van der Waals surface area (Å²) >= 11 is 0. The van der Waals surface area contributed by atoms with Gasteiger partial charge in [0.1, 0.15) is 6.10 Å². The summed E-state index contributed by atoms with van der Waals surface area (Å²) < 4.78 is 0. The molecule has 1 aliphatic rings. The van der Waals surface area contributed by atoms with Crippen LogP contribution in [-0.2, 0) is 4.79 Å². The number of rotatable bonds is 3.